The van der Waals surface area contributed by atoms with Gasteiger partial charge in [0.2, 0.25) is 0 Å². The van der Waals surface area contributed by atoms with Gasteiger partial charge in [-0.15, -0.1) is 0 Å². The highest BCUT2D eigenvalue weighted by atomic mass is 16.5. The van der Waals surface area contributed by atoms with Crippen molar-refractivity contribution >= 4 is 5.91 Å². The molecule has 0 fully saturated rings. The SMILES string of the molecule is Cc1ccc(CNC(=O)c2c(C)noc2-c2cccnc2)o1. The van der Waals surface area contributed by atoms with Crippen LogP contribution in [0, 0.1) is 13.8 Å². The molecule has 1 amide bonds. The Hall–Kier alpha value is -2.89. The molecular weight excluding hydrogens is 282 g/mol. The lowest BCUT2D eigenvalue weighted by Crippen LogP contribution is -2.23. The molecule has 0 spiro atoms. The molecular formula is C16H15N3O3. The third-order valence-electron chi connectivity index (χ3n) is 3.23. The smallest absolute Gasteiger partial charge is 0.257 e. The summed E-state index contributed by atoms with van der Waals surface area (Å²) < 4.78 is 10.7. The van der Waals surface area contributed by atoms with Gasteiger partial charge in [0.05, 0.1) is 12.2 Å². The van der Waals surface area contributed by atoms with Gasteiger partial charge in [-0.1, -0.05) is 5.16 Å². The van der Waals surface area contributed by atoms with Gasteiger partial charge in [0.15, 0.2) is 5.76 Å². The van der Waals surface area contributed by atoms with Crippen LogP contribution >= 0.6 is 0 Å². The van der Waals surface area contributed by atoms with Crippen LogP contribution in [-0.4, -0.2) is 16.0 Å². The zero-order chi connectivity index (χ0) is 15.5. The van der Waals surface area contributed by atoms with Crippen molar-refractivity contribution in [3.8, 4) is 11.3 Å². The summed E-state index contributed by atoms with van der Waals surface area (Å²) in [6.45, 7) is 3.90. The molecule has 6 nitrogen and oxygen atoms in total. The Balaban J connectivity index is 1.82. The maximum absolute atomic E-state index is 12.4. The fourth-order valence-electron chi connectivity index (χ4n) is 2.17. The summed E-state index contributed by atoms with van der Waals surface area (Å²) in [5.74, 6) is 1.66. The van der Waals surface area contributed by atoms with Crippen molar-refractivity contribution in [1.29, 1.82) is 0 Å². The van der Waals surface area contributed by atoms with E-state index in [1.54, 1.807) is 25.4 Å². The lowest BCUT2D eigenvalue weighted by Gasteiger charge is -2.04. The average Bonchev–Trinajstić information content (AvgIpc) is 3.12. The quantitative estimate of drug-likeness (QED) is 0.800. The second kappa shape index (κ2) is 5.85. The molecule has 22 heavy (non-hydrogen) atoms. The molecule has 0 aromatic carbocycles. The number of nitrogens with one attached hydrogen (secondary N) is 1. The molecule has 1 N–H and O–H groups in total. The van der Waals surface area contributed by atoms with Crippen LogP contribution < -0.4 is 5.32 Å². The highest BCUT2D eigenvalue weighted by Crippen LogP contribution is 2.25. The minimum Gasteiger partial charge on any atom is -0.465 e. The van der Waals surface area contributed by atoms with Crippen LogP contribution in [0.1, 0.15) is 27.6 Å². The normalized spacial score (nSPS) is 10.6. The van der Waals surface area contributed by atoms with E-state index in [0.717, 1.165) is 5.76 Å². The second-order valence-corrected chi connectivity index (χ2v) is 4.91. The first-order valence-electron chi connectivity index (χ1n) is 6.85. The maximum Gasteiger partial charge on any atom is 0.257 e. The summed E-state index contributed by atoms with van der Waals surface area (Å²) in [5.41, 5.74) is 1.66. The maximum atomic E-state index is 12.4. The van der Waals surface area contributed by atoms with E-state index in [1.807, 2.05) is 25.1 Å². The summed E-state index contributed by atoms with van der Waals surface area (Å²) in [5, 5.41) is 6.70. The zero-order valence-corrected chi connectivity index (χ0v) is 12.3. The van der Waals surface area contributed by atoms with E-state index in [9.17, 15) is 4.79 Å². The van der Waals surface area contributed by atoms with Crippen LogP contribution in [0.25, 0.3) is 11.3 Å². The van der Waals surface area contributed by atoms with Gasteiger partial charge in [0.25, 0.3) is 5.91 Å². The molecule has 3 rings (SSSR count). The Labute approximate surface area is 127 Å². The number of carbonyl (C=O) groups is 1. The molecule has 0 aliphatic carbocycles. The van der Waals surface area contributed by atoms with E-state index >= 15 is 0 Å². The van der Waals surface area contributed by atoms with Crippen LogP contribution in [0.3, 0.4) is 0 Å². The predicted molar refractivity (Wildman–Crippen MR) is 79.1 cm³/mol. The number of carbonyl (C=O) groups excluding carboxylic acids is 1. The monoisotopic (exact) mass is 297 g/mol. The van der Waals surface area contributed by atoms with Crippen molar-refractivity contribution in [3.63, 3.8) is 0 Å². The molecule has 6 heteroatoms. The summed E-state index contributed by atoms with van der Waals surface area (Å²) in [4.78, 5) is 16.5. The van der Waals surface area contributed by atoms with Gasteiger partial charge >= 0.3 is 0 Å². The summed E-state index contributed by atoms with van der Waals surface area (Å²) >= 11 is 0. The van der Waals surface area contributed by atoms with Crippen molar-refractivity contribution in [1.82, 2.24) is 15.5 Å². The van der Waals surface area contributed by atoms with E-state index in [0.29, 0.717) is 34.9 Å². The van der Waals surface area contributed by atoms with E-state index in [2.05, 4.69) is 15.5 Å². The number of nitrogens with zero attached hydrogens (tertiary/aromatic N) is 2. The third-order valence-corrected chi connectivity index (χ3v) is 3.23. The molecule has 3 aromatic heterocycles. The van der Waals surface area contributed by atoms with Crippen LogP contribution in [-0.2, 0) is 6.54 Å². The predicted octanol–water partition coefficient (Wildman–Crippen LogP) is 2.88. The number of pyridine rings is 1. The molecule has 3 heterocycles. The van der Waals surface area contributed by atoms with Crippen molar-refractivity contribution in [2.45, 2.75) is 20.4 Å². The van der Waals surface area contributed by atoms with Crippen molar-refractivity contribution in [2.75, 3.05) is 0 Å². The van der Waals surface area contributed by atoms with Gasteiger partial charge in [-0.3, -0.25) is 9.78 Å². The van der Waals surface area contributed by atoms with E-state index in [-0.39, 0.29) is 5.91 Å². The Morgan fingerprint density at radius 1 is 1.27 bits per heavy atom. The molecule has 0 atom stereocenters. The Bertz CT molecular complexity index is 790. The zero-order valence-electron chi connectivity index (χ0n) is 12.3. The molecule has 0 saturated heterocycles. The van der Waals surface area contributed by atoms with Gasteiger partial charge in [0, 0.05) is 18.0 Å². The van der Waals surface area contributed by atoms with E-state index < -0.39 is 0 Å². The minimum absolute atomic E-state index is 0.258. The number of hydrogen-bond acceptors (Lipinski definition) is 5. The summed E-state index contributed by atoms with van der Waals surface area (Å²) in [7, 11) is 0. The van der Waals surface area contributed by atoms with Crippen molar-refractivity contribution in [2.24, 2.45) is 0 Å². The number of hydrogen-bond donors (Lipinski definition) is 1. The number of rotatable bonds is 4. The van der Waals surface area contributed by atoms with E-state index in [1.165, 1.54) is 0 Å². The standard InChI is InChI=1S/C16H15N3O3/c1-10-5-6-13(21-10)9-18-16(20)14-11(2)19-22-15(14)12-4-3-7-17-8-12/h3-8H,9H2,1-2H3,(H,18,20). The highest BCUT2D eigenvalue weighted by Gasteiger charge is 2.21. The second-order valence-electron chi connectivity index (χ2n) is 4.91. The molecule has 0 saturated carbocycles. The summed E-state index contributed by atoms with van der Waals surface area (Å²) in [6.07, 6.45) is 3.29. The van der Waals surface area contributed by atoms with Crippen LogP contribution in [0.15, 0.2) is 45.6 Å². The number of furan rings is 1. The average molecular weight is 297 g/mol. The Kier molecular flexibility index (Phi) is 3.74. The van der Waals surface area contributed by atoms with Crippen LogP contribution in [0.5, 0.6) is 0 Å². The number of amides is 1. The van der Waals surface area contributed by atoms with Gasteiger partial charge in [0.1, 0.15) is 17.1 Å². The first-order valence-corrected chi connectivity index (χ1v) is 6.85. The molecule has 0 aliphatic rings. The number of aromatic nitrogens is 2. The largest absolute Gasteiger partial charge is 0.465 e. The third kappa shape index (κ3) is 2.76. The molecule has 112 valence electrons. The van der Waals surface area contributed by atoms with Crippen molar-refractivity contribution in [3.05, 3.63) is 59.4 Å². The highest BCUT2D eigenvalue weighted by molar-refractivity contribution is 6.00. The van der Waals surface area contributed by atoms with Gasteiger partial charge in [-0.05, 0) is 38.1 Å². The van der Waals surface area contributed by atoms with Gasteiger partial charge in [-0.2, -0.15) is 0 Å². The first kappa shape index (κ1) is 14.1. The first-order chi connectivity index (χ1) is 10.6. The lowest BCUT2D eigenvalue weighted by molar-refractivity contribution is 0.0947. The van der Waals surface area contributed by atoms with E-state index in [4.69, 9.17) is 8.94 Å². The minimum atomic E-state index is -0.258. The van der Waals surface area contributed by atoms with Crippen LogP contribution in [0.4, 0.5) is 0 Å². The lowest BCUT2D eigenvalue weighted by atomic mass is 10.1. The van der Waals surface area contributed by atoms with Gasteiger partial charge in [-0.25, -0.2) is 0 Å². The number of aryl methyl sites for hydroxylation is 2. The molecule has 0 unspecified atom stereocenters. The summed E-state index contributed by atoms with van der Waals surface area (Å²) in [6, 6.07) is 7.28. The molecule has 0 bridgehead atoms. The van der Waals surface area contributed by atoms with Crippen LogP contribution in [0.2, 0.25) is 0 Å². The van der Waals surface area contributed by atoms with Gasteiger partial charge < -0.3 is 14.3 Å². The molecule has 0 aliphatic heterocycles. The topological polar surface area (TPSA) is 81.2 Å². The Morgan fingerprint density at radius 3 is 2.82 bits per heavy atom. The molecule has 3 aromatic rings. The fraction of sp³-hybridized carbons (Fsp3) is 0.188. The van der Waals surface area contributed by atoms with Crippen molar-refractivity contribution < 1.29 is 13.7 Å². The molecule has 0 radical (unpaired) electrons. The Morgan fingerprint density at radius 2 is 2.14 bits per heavy atom. The fourth-order valence-corrected chi connectivity index (χ4v) is 2.17.